The number of benzene rings is 1. The number of sulfonamides is 1. The predicted octanol–water partition coefficient (Wildman–Crippen LogP) is 1.80. The van der Waals surface area contributed by atoms with Crippen LogP contribution in [0.25, 0.3) is 0 Å². The fourth-order valence-corrected chi connectivity index (χ4v) is 3.92. The molecule has 0 bridgehead atoms. The van der Waals surface area contributed by atoms with Gasteiger partial charge in [0.15, 0.2) is 0 Å². The molecule has 0 radical (unpaired) electrons. The van der Waals surface area contributed by atoms with Crippen LogP contribution in [-0.2, 0) is 16.4 Å². The quantitative estimate of drug-likeness (QED) is 0.814. The van der Waals surface area contributed by atoms with Crippen LogP contribution in [0.5, 0.6) is 0 Å². The molecule has 0 saturated carbocycles. The van der Waals surface area contributed by atoms with Crippen molar-refractivity contribution < 1.29 is 22.7 Å². The third-order valence-corrected chi connectivity index (χ3v) is 4.96. The second-order valence-electron chi connectivity index (χ2n) is 5.25. The van der Waals surface area contributed by atoms with E-state index in [4.69, 9.17) is 0 Å². The van der Waals surface area contributed by atoms with E-state index in [1.54, 1.807) is 18.2 Å². The molecule has 122 valence electrons. The summed E-state index contributed by atoms with van der Waals surface area (Å²) in [6.45, 7) is 0.211. The highest BCUT2D eigenvalue weighted by atomic mass is 79.9. The van der Waals surface area contributed by atoms with Gasteiger partial charge in [-0.3, -0.25) is 0 Å². The van der Waals surface area contributed by atoms with E-state index in [-0.39, 0.29) is 17.4 Å². The van der Waals surface area contributed by atoms with Crippen molar-refractivity contribution in [1.29, 1.82) is 0 Å². The number of likely N-dealkylation sites (tertiary alicyclic amines) is 1. The first kappa shape index (κ1) is 17.2. The highest BCUT2D eigenvalue weighted by Crippen LogP contribution is 2.26. The number of rotatable bonds is 4. The van der Waals surface area contributed by atoms with Crippen molar-refractivity contribution in [3.8, 4) is 0 Å². The molecule has 0 spiro atoms. The minimum absolute atomic E-state index is 0.102. The van der Waals surface area contributed by atoms with E-state index in [2.05, 4.69) is 20.7 Å². The van der Waals surface area contributed by atoms with Crippen molar-refractivity contribution in [2.24, 2.45) is 0 Å². The zero-order chi connectivity index (χ0) is 16.5. The molecule has 1 amide bonds. The van der Waals surface area contributed by atoms with Crippen LogP contribution >= 0.6 is 15.9 Å². The van der Waals surface area contributed by atoms with Crippen molar-refractivity contribution in [2.45, 2.75) is 24.9 Å². The summed E-state index contributed by atoms with van der Waals surface area (Å²) in [5, 5.41) is 9.25. The number of hydrogen-bond acceptors (Lipinski definition) is 3. The Kier molecular flexibility index (Phi) is 5.08. The molecule has 9 heteroatoms. The van der Waals surface area contributed by atoms with E-state index < -0.39 is 34.0 Å². The summed E-state index contributed by atoms with van der Waals surface area (Å²) >= 11 is 3.09. The molecule has 1 fully saturated rings. The fourth-order valence-electron chi connectivity index (χ4n) is 2.69. The molecule has 1 heterocycles. The van der Waals surface area contributed by atoms with Gasteiger partial charge in [0.1, 0.15) is 5.82 Å². The molecule has 2 rings (SSSR count). The van der Waals surface area contributed by atoms with E-state index in [9.17, 15) is 22.7 Å². The second-order valence-corrected chi connectivity index (χ2v) is 7.88. The van der Waals surface area contributed by atoms with E-state index >= 15 is 0 Å². The first-order valence-electron chi connectivity index (χ1n) is 6.59. The van der Waals surface area contributed by atoms with Gasteiger partial charge in [-0.2, -0.15) is 0 Å². The lowest BCUT2D eigenvalue weighted by Gasteiger charge is -2.26. The van der Waals surface area contributed by atoms with Gasteiger partial charge in [0.05, 0.1) is 16.8 Å². The van der Waals surface area contributed by atoms with Gasteiger partial charge in [-0.15, -0.1) is 0 Å². The fraction of sp³-hybridized carbons (Fsp3) is 0.462. The van der Waals surface area contributed by atoms with Crippen LogP contribution in [0.1, 0.15) is 12.0 Å². The SMILES string of the molecule is CS(=O)(=O)N[C@@H]1CCN(C(=O)O)[C@@H]1Cc1cccc(Br)c1F. The molecule has 0 aliphatic carbocycles. The summed E-state index contributed by atoms with van der Waals surface area (Å²) in [6.07, 6.45) is 0.343. The van der Waals surface area contributed by atoms with Crippen LogP contribution in [0.15, 0.2) is 22.7 Å². The Balaban J connectivity index is 2.28. The van der Waals surface area contributed by atoms with Gasteiger partial charge < -0.3 is 10.0 Å². The summed E-state index contributed by atoms with van der Waals surface area (Å²) < 4.78 is 39.7. The van der Waals surface area contributed by atoms with Crippen LogP contribution in [0, 0.1) is 5.82 Å². The molecule has 1 aromatic carbocycles. The monoisotopic (exact) mass is 394 g/mol. The van der Waals surface area contributed by atoms with Crippen molar-refractivity contribution in [1.82, 2.24) is 9.62 Å². The minimum atomic E-state index is -3.47. The van der Waals surface area contributed by atoms with Gasteiger partial charge in [0, 0.05) is 12.6 Å². The van der Waals surface area contributed by atoms with Gasteiger partial charge >= 0.3 is 6.09 Å². The van der Waals surface area contributed by atoms with Gasteiger partial charge in [0.2, 0.25) is 10.0 Å². The molecule has 1 aliphatic heterocycles. The number of carbonyl (C=O) groups is 1. The molecule has 6 nitrogen and oxygen atoms in total. The Hall–Kier alpha value is -1.19. The zero-order valence-corrected chi connectivity index (χ0v) is 14.2. The summed E-state index contributed by atoms with van der Waals surface area (Å²) in [6, 6.07) is 3.56. The van der Waals surface area contributed by atoms with E-state index in [1.165, 1.54) is 0 Å². The van der Waals surface area contributed by atoms with Crippen molar-refractivity contribution >= 4 is 32.0 Å². The highest BCUT2D eigenvalue weighted by Gasteiger charge is 2.38. The summed E-state index contributed by atoms with van der Waals surface area (Å²) in [5.41, 5.74) is 0.341. The minimum Gasteiger partial charge on any atom is -0.465 e. The van der Waals surface area contributed by atoms with Crippen LogP contribution in [-0.4, -0.2) is 49.4 Å². The topological polar surface area (TPSA) is 86.7 Å². The molecule has 1 aromatic rings. The standard InChI is InChI=1S/C13H16BrFN2O4S/c1-22(20,21)16-10-5-6-17(13(18)19)11(10)7-8-3-2-4-9(14)12(8)15/h2-4,10-11,16H,5-7H2,1H3,(H,18,19)/t10-,11-/m1/s1. The lowest BCUT2D eigenvalue weighted by molar-refractivity contribution is 0.137. The third kappa shape index (κ3) is 3.96. The Morgan fingerprint density at radius 1 is 1.55 bits per heavy atom. The van der Waals surface area contributed by atoms with Crippen LogP contribution in [0.4, 0.5) is 9.18 Å². The lowest BCUT2D eigenvalue weighted by Crippen LogP contribution is -2.47. The smallest absolute Gasteiger partial charge is 0.407 e. The van der Waals surface area contributed by atoms with Crippen molar-refractivity contribution in [2.75, 3.05) is 12.8 Å². The average Bonchev–Trinajstić information content (AvgIpc) is 2.76. The number of nitrogens with one attached hydrogen (secondary N) is 1. The van der Waals surface area contributed by atoms with Gasteiger partial charge in [-0.05, 0) is 40.4 Å². The molecular formula is C13H16BrFN2O4S. The zero-order valence-electron chi connectivity index (χ0n) is 11.8. The normalized spacial score (nSPS) is 22.0. The number of amides is 1. The Morgan fingerprint density at radius 2 is 2.23 bits per heavy atom. The maximum atomic E-state index is 14.1. The first-order chi connectivity index (χ1) is 10.2. The molecule has 1 aliphatic rings. The third-order valence-electron chi connectivity index (χ3n) is 3.62. The van der Waals surface area contributed by atoms with E-state index in [1.807, 2.05) is 0 Å². The Bertz CT molecular complexity index is 683. The van der Waals surface area contributed by atoms with E-state index in [0.717, 1.165) is 11.2 Å². The predicted molar refractivity (Wildman–Crippen MR) is 82.7 cm³/mol. The van der Waals surface area contributed by atoms with Crippen LogP contribution < -0.4 is 4.72 Å². The average molecular weight is 395 g/mol. The molecular weight excluding hydrogens is 379 g/mol. The van der Waals surface area contributed by atoms with Crippen LogP contribution in [0.3, 0.4) is 0 Å². The summed E-state index contributed by atoms with van der Waals surface area (Å²) in [7, 11) is -3.47. The number of carboxylic acid groups (broad SMARTS) is 1. The van der Waals surface area contributed by atoms with E-state index in [0.29, 0.717) is 12.0 Å². The number of nitrogens with zero attached hydrogens (tertiary/aromatic N) is 1. The first-order valence-corrected chi connectivity index (χ1v) is 9.27. The summed E-state index contributed by atoms with van der Waals surface area (Å²) in [4.78, 5) is 12.5. The lowest BCUT2D eigenvalue weighted by atomic mass is 10.0. The molecule has 0 aromatic heterocycles. The number of halogens is 2. The summed E-state index contributed by atoms with van der Waals surface area (Å²) in [5.74, 6) is -0.460. The Morgan fingerprint density at radius 3 is 2.82 bits per heavy atom. The molecule has 1 saturated heterocycles. The van der Waals surface area contributed by atoms with Gasteiger partial charge in [0.25, 0.3) is 0 Å². The largest absolute Gasteiger partial charge is 0.465 e. The number of hydrogen-bond donors (Lipinski definition) is 2. The molecule has 2 atom stereocenters. The maximum Gasteiger partial charge on any atom is 0.407 e. The molecule has 0 unspecified atom stereocenters. The highest BCUT2D eigenvalue weighted by molar-refractivity contribution is 9.10. The van der Waals surface area contributed by atoms with Crippen LogP contribution in [0.2, 0.25) is 0 Å². The Labute approximate surface area is 136 Å². The van der Waals surface area contributed by atoms with Gasteiger partial charge in [-0.1, -0.05) is 12.1 Å². The molecule has 22 heavy (non-hydrogen) atoms. The van der Waals surface area contributed by atoms with Crippen molar-refractivity contribution in [3.63, 3.8) is 0 Å². The van der Waals surface area contributed by atoms with Gasteiger partial charge in [-0.25, -0.2) is 22.3 Å². The second kappa shape index (κ2) is 6.51. The maximum absolute atomic E-state index is 14.1. The molecule has 2 N–H and O–H groups in total. The van der Waals surface area contributed by atoms with Crippen molar-refractivity contribution in [3.05, 3.63) is 34.1 Å².